The van der Waals surface area contributed by atoms with Crippen LogP contribution in [0.3, 0.4) is 0 Å². The summed E-state index contributed by atoms with van der Waals surface area (Å²) in [4.78, 5) is 26.8. The normalized spacial score (nSPS) is 11.9. The lowest BCUT2D eigenvalue weighted by Gasteiger charge is -2.19. The van der Waals surface area contributed by atoms with Crippen LogP contribution in [-0.2, 0) is 0 Å². The fourth-order valence-corrected chi connectivity index (χ4v) is 3.80. The number of aromatic amines is 1. The van der Waals surface area contributed by atoms with Gasteiger partial charge in [0.1, 0.15) is 5.75 Å². The molecule has 6 nitrogen and oxygen atoms in total. The summed E-state index contributed by atoms with van der Waals surface area (Å²) in [6.45, 7) is 0. The number of nitrogens with zero attached hydrogens (tertiary/aromatic N) is 1. The molecule has 1 heterocycles. The van der Waals surface area contributed by atoms with E-state index < -0.39 is 4.92 Å². The zero-order chi connectivity index (χ0) is 21.1. The van der Waals surface area contributed by atoms with Crippen molar-refractivity contribution in [3.63, 3.8) is 0 Å². The number of ketones is 1. The number of ether oxygens (including phenoxy) is 1. The maximum atomic E-state index is 13.1. The highest BCUT2D eigenvalue weighted by Gasteiger charge is 2.25. The molecule has 0 bridgehead atoms. The van der Waals surface area contributed by atoms with Gasteiger partial charge in [-0.25, -0.2) is 0 Å². The van der Waals surface area contributed by atoms with E-state index in [2.05, 4.69) is 4.98 Å². The second kappa shape index (κ2) is 8.21. The lowest BCUT2D eigenvalue weighted by Crippen LogP contribution is -2.10. The molecule has 4 aromatic rings. The molecule has 0 saturated heterocycles. The molecule has 4 rings (SSSR count). The topological polar surface area (TPSA) is 85.2 Å². The average Bonchev–Trinajstić information content (AvgIpc) is 3.21. The summed E-state index contributed by atoms with van der Waals surface area (Å²) < 4.78 is 5.57. The van der Waals surface area contributed by atoms with Gasteiger partial charge in [0, 0.05) is 52.7 Å². The number of H-pyrrole nitrogens is 1. The van der Waals surface area contributed by atoms with Gasteiger partial charge in [-0.3, -0.25) is 14.9 Å². The van der Waals surface area contributed by atoms with Crippen molar-refractivity contribution in [2.24, 2.45) is 0 Å². The Morgan fingerprint density at radius 1 is 1.00 bits per heavy atom. The summed E-state index contributed by atoms with van der Waals surface area (Å²) in [6, 6.07) is 21.4. The number of benzene rings is 3. The monoisotopic (exact) mass is 400 g/mol. The molecular formula is C24H20N2O4. The first kappa shape index (κ1) is 19.4. The number of methoxy groups -OCH3 is 1. The van der Waals surface area contributed by atoms with Crippen LogP contribution in [-0.4, -0.2) is 22.8 Å². The third-order valence-electron chi connectivity index (χ3n) is 5.30. The Labute approximate surface area is 173 Å². The Morgan fingerprint density at radius 2 is 1.70 bits per heavy atom. The first-order valence-electron chi connectivity index (χ1n) is 9.55. The summed E-state index contributed by atoms with van der Waals surface area (Å²) in [5.74, 6) is 0.385. The number of hydrogen-bond acceptors (Lipinski definition) is 4. The van der Waals surface area contributed by atoms with Crippen LogP contribution in [0.1, 0.15) is 33.8 Å². The second-order valence-electron chi connectivity index (χ2n) is 7.02. The van der Waals surface area contributed by atoms with Crippen molar-refractivity contribution >= 4 is 22.4 Å². The average molecular weight is 400 g/mol. The number of para-hydroxylation sites is 2. The number of nitro benzene ring substituents is 1. The molecule has 3 aromatic carbocycles. The lowest BCUT2D eigenvalue weighted by molar-refractivity contribution is -0.384. The molecule has 150 valence electrons. The Balaban J connectivity index is 1.76. The van der Waals surface area contributed by atoms with Gasteiger partial charge in [-0.1, -0.05) is 36.4 Å². The minimum atomic E-state index is -0.474. The first-order chi connectivity index (χ1) is 14.6. The molecule has 0 aliphatic rings. The molecule has 1 aromatic heterocycles. The molecule has 0 amide bonds. The van der Waals surface area contributed by atoms with Crippen molar-refractivity contribution in [2.75, 3.05) is 7.11 Å². The summed E-state index contributed by atoms with van der Waals surface area (Å²) in [5, 5.41) is 11.9. The molecule has 0 spiro atoms. The molecule has 1 atom stereocenters. The van der Waals surface area contributed by atoms with Crippen LogP contribution in [0.15, 0.2) is 79.0 Å². The third kappa shape index (κ3) is 3.67. The Morgan fingerprint density at radius 3 is 2.43 bits per heavy atom. The number of carbonyl (C=O) groups excluding carboxylic acids is 1. The van der Waals surface area contributed by atoms with E-state index in [0.717, 1.165) is 22.0 Å². The number of rotatable bonds is 7. The molecule has 30 heavy (non-hydrogen) atoms. The van der Waals surface area contributed by atoms with Crippen molar-refractivity contribution in [3.8, 4) is 5.75 Å². The van der Waals surface area contributed by atoms with Crippen molar-refractivity contribution in [1.82, 2.24) is 4.98 Å². The summed E-state index contributed by atoms with van der Waals surface area (Å²) in [6.07, 6.45) is 2.14. The fraction of sp³-hybridized carbons (Fsp3) is 0.125. The van der Waals surface area contributed by atoms with E-state index in [4.69, 9.17) is 4.74 Å². The summed E-state index contributed by atoms with van der Waals surface area (Å²) in [5.41, 5.74) is 3.32. The van der Waals surface area contributed by atoms with Gasteiger partial charge < -0.3 is 9.72 Å². The molecule has 0 radical (unpaired) electrons. The quantitative estimate of drug-likeness (QED) is 0.252. The van der Waals surface area contributed by atoms with Crippen LogP contribution < -0.4 is 4.74 Å². The van der Waals surface area contributed by atoms with Crippen molar-refractivity contribution in [3.05, 3.63) is 106 Å². The smallest absolute Gasteiger partial charge is 0.269 e. The van der Waals surface area contributed by atoms with Crippen LogP contribution in [0, 0.1) is 10.1 Å². The zero-order valence-electron chi connectivity index (χ0n) is 16.4. The van der Waals surface area contributed by atoms with Crippen LogP contribution in [0.4, 0.5) is 5.69 Å². The predicted molar refractivity (Wildman–Crippen MR) is 115 cm³/mol. The second-order valence-corrected chi connectivity index (χ2v) is 7.02. The van der Waals surface area contributed by atoms with E-state index >= 15 is 0 Å². The summed E-state index contributed by atoms with van der Waals surface area (Å²) >= 11 is 0. The highest BCUT2D eigenvalue weighted by molar-refractivity contribution is 5.97. The predicted octanol–water partition coefficient (Wildman–Crippen LogP) is 5.49. The maximum absolute atomic E-state index is 13.1. The Kier molecular flexibility index (Phi) is 5.30. The molecule has 6 heteroatoms. The number of carbonyl (C=O) groups is 1. The number of hydrogen-bond donors (Lipinski definition) is 1. The van der Waals surface area contributed by atoms with Crippen LogP contribution in [0.25, 0.3) is 10.9 Å². The van der Waals surface area contributed by atoms with E-state index in [9.17, 15) is 14.9 Å². The zero-order valence-corrected chi connectivity index (χ0v) is 16.4. The first-order valence-corrected chi connectivity index (χ1v) is 9.55. The Bertz CT molecular complexity index is 1210. The van der Waals surface area contributed by atoms with Gasteiger partial charge in [0.05, 0.1) is 12.0 Å². The van der Waals surface area contributed by atoms with Crippen molar-refractivity contribution in [2.45, 2.75) is 12.3 Å². The van der Waals surface area contributed by atoms with Gasteiger partial charge in [-0.05, 0) is 29.8 Å². The van der Waals surface area contributed by atoms with Gasteiger partial charge in [0.25, 0.3) is 5.69 Å². The molecule has 0 fully saturated rings. The lowest BCUT2D eigenvalue weighted by atomic mass is 9.85. The number of Topliss-reactive ketones (excluding diaryl/α,β-unsaturated/α-hetero) is 1. The van der Waals surface area contributed by atoms with E-state index in [-0.39, 0.29) is 23.8 Å². The molecular weight excluding hydrogens is 380 g/mol. The van der Waals surface area contributed by atoms with Gasteiger partial charge in [-0.15, -0.1) is 0 Å². The SMILES string of the molecule is COc1ccccc1C(CC(=O)c1ccc([N+](=O)[O-])cc1)c1c[nH]c2ccccc12. The molecule has 1 N–H and O–H groups in total. The Hall–Kier alpha value is -3.93. The van der Waals surface area contributed by atoms with Crippen LogP contribution in [0.5, 0.6) is 5.75 Å². The van der Waals surface area contributed by atoms with Gasteiger partial charge in [0.2, 0.25) is 0 Å². The van der Waals surface area contributed by atoms with Gasteiger partial charge in [-0.2, -0.15) is 0 Å². The molecule has 0 saturated carbocycles. The van der Waals surface area contributed by atoms with Crippen LogP contribution >= 0.6 is 0 Å². The van der Waals surface area contributed by atoms with Crippen molar-refractivity contribution in [1.29, 1.82) is 0 Å². The summed E-state index contributed by atoms with van der Waals surface area (Å²) in [7, 11) is 1.61. The van der Waals surface area contributed by atoms with Gasteiger partial charge in [0.15, 0.2) is 5.78 Å². The standard InChI is InChI=1S/C24H20N2O4/c1-30-24-9-5-3-7-19(24)20(21-15-25-22-8-4-2-6-18(21)22)14-23(27)16-10-12-17(13-11-16)26(28)29/h2-13,15,20,25H,14H2,1H3. The molecule has 1 unspecified atom stereocenters. The van der Waals surface area contributed by atoms with Crippen LogP contribution in [0.2, 0.25) is 0 Å². The third-order valence-corrected chi connectivity index (χ3v) is 5.30. The maximum Gasteiger partial charge on any atom is 0.269 e. The highest BCUT2D eigenvalue weighted by Crippen LogP contribution is 2.38. The number of fused-ring (bicyclic) bond motifs is 1. The van der Waals surface area contributed by atoms with E-state index in [1.54, 1.807) is 7.11 Å². The minimum Gasteiger partial charge on any atom is -0.496 e. The number of nitro groups is 1. The number of non-ortho nitro benzene ring substituents is 1. The molecule has 0 aliphatic carbocycles. The molecule has 0 aliphatic heterocycles. The largest absolute Gasteiger partial charge is 0.496 e. The minimum absolute atomic E-state index is 0.0375. The van der Waals surface area contributed by atoms with Crippen molar-refractivity contribution < 1.29 is 14.5 Å². The number of nitrogens with one attached hydrogen (secondary N) is 1. The van der Waals surface area contributed by atoms with E-state index in [0.29, 0.717) is 11.3 Å². The van der Waals surface area contributed by atoms with Gasteiger partial charge >= 0.3 is 0 Å². The van der Waals surface area contributed by atoms with E-state index in [1.165, 1.54) is 24.3 Å². The highest BCUT2D eigenvalue weighted by atomic mass is 16.6. The van der Waals surface area contributed by atoms with E-state index in [1.807, 2.05) is 54.7 Å². The fourth-order valence-electron chi connectivity index (χ4n) is 3.80. The number of aromatic nitrogens is 1.